The van der Waals surface area contributed by atoms with E-state index in [2.05, 4.69) is 26.7 Å². The zero-order valence-electron chi connectivity index (χ0n) is 12.9. The maximum Gasteiger partial charge on any atom is 0.109 e. The topological polar surface area (TPSA) is 3.24 Å². The summed E-state index contributed by atoms with van der Waals surface area (Å²) in [5.41, 5.74) is 0.709. The number of hydrogen-bond donors (Lipinski definition) is 0. The molecule has 0 radical (unpaired) electrons. The summed E-state index contributed by atoms with van der Waals surface area (Å²) in [5, 5.41) is 0.591. The highest BCUT2D eigenvalue weighted by atomic mass is 15.1. The maximum atomic E-state index is 2.52. The quantitative estimate of drug-likeness (QED) is 0.592. The highest BCUT2D eigenvalue weighted by Gasteiger charge is 2.34. The summed E-state index contributed by atoms with van der Waals surface area (Å²) in [6.07, 6.45) is 14.7. The zero-order valence-corrected chi connectivity index (χ0v) is 12.9. The predicted molar refractivity (Wildman–Crippen MR) is 83.0 cm³/mol. The van der Waals surface area contributed by atoms with Gasteiger partial charge in [0.15, 0.2) is 0 Å². The van der Waals surface area contributed by atoms with Gasteiger partial charge in [-0.05, 0) is 51.2 Å². The van der Waals surface area contributed by atoms with Crippen LogP contribution in [0.25, 0.3) is 0 Å². The first kappa shape index (κ1) is 14.4. The highest BCUT2D eigenvalue weighted by molar-refractivity contribution is 6.14. The summed E-state index contributed by atoms with van der Waals surface area (Å²) in [6, 6.07) is 0. The Morgan fingerprint density at radius 3 is 2.06 bits per heavy atom. The standard InChI is InChI=1S/C16H32BN/c1-15(17)7-5-3-4-6-8-16(10-9-15)11-13-18(2)14-12-16/h3-14,17H2,1-2H3. The van der Waals surface area contributed by atoms with Gasteiger partial charge in [0.05, 0.1) is 0 Å². The van der Waals surface area contributed by atoms with Crippen LogP contribution in [0.2, 0.25) is 5.31 Å². The molecule has 1 unspecified atom stereocenters. The molecule has 18 heavy (non-hydrogen) atoms. The molecular weight excluding hydrogens is 217 g/mol. The molecule has 0 aromatic rings. The SMILES string of the molecule is BC1(C)CCCCCCC2(CCN(C)CC2)CC1. The molecule has 1 saturated carbocycles. The zero-order chi connectivity index (χ0) is 13.1. The van der Waals surface area contributed by atoms with Crippen molar-refractivity contribution in [3.8, 4) is 0 Å². The number of nitrogens with zero attached hydrogens (tertiary/aromatic N) is 1. The molecule has 0 amide bonds. The van der Waals surface area contributed by atoms with E-state index in [1.54, 1.807) is 0 Å². The summed E-state index contributed by atoms with van der Waals surface area (Å²) in [5.74, 6) is 0. The summed E-state index contributed by atoms with van der Waals surface area (Å²) < 4.78 is 0. The number of rotatable bonds is 0. The molecule has 0 bridgehead atoms. The average molecular weight is 249 g/mol. The van der Waals surface area contributed by atoms with Gasteiger partial charge < -0.3 is 4.90 Å². The van der Waals surface area contributed by atoms with Gasteiger partial charge in [-0.15, -0.1) is 0 Å². The highest BCUT2D eigenvalue weighted by Crippen LogP contribution is 2.46. The molecule has 0 aromatic heterocycles. The van der Waals surface area contributed by atoms with E-state index in [9.17, 15) is 0 Å². The largest absolute Gasteiger partial charge is 0.306 e. The predicted octanol–water partition coefficient (Wildman–Crippen LogP) is 3.64. The second kappa shape index (κ2) is 5.99. The first-order chi connectivity index (χ1) is 8.52. The van der Waals surface area contributed by atoms with Gasteiger partial charge in [-0.2, -0.15) is 0 Å². The molecule has 1 aliphatic heterocycles. The Morgan fingerprint density at radius 2 is 1.39 bits per heavy atom. The first-order valence-electron chi connectivity index (χ1n) is 8.20. The Kier molecular flexibility index (Phi) is 4.80. The van der Waals surface area contributed by atoms with Crippen LogP contribution in [0.5, 0.6) is 0 Å². The van der Waals surface area contributed by atoms with E-state index in [4.69, 9.17) is 0 Å². The van der Waals surface area contributed by atoms with Gasteiger partial charge in [0.25, 0.3) is 0 Å². The van der Waals surface area contributed by atoms with Crippen molar-refractivity contribution in [3.63, 3.8) is 0 Å². The fraction of sp³-hybridized carbons (Fsp3) is 1.00. The van der Waals surface area contributed by atoms with Gasteiger partial charge in [-0.1, -0.05) is 50.8 Å². The number of likely N-dealkylation sites (tertiary alicyclic amines) is 1. The lowest BCUT2D eigenvalue weighted by Gasteiger charge is -2.43. The molecule has 1 nitrogen and oxygen atoms in total. The maximum absolute atomic E-state index is 2.52. The van der Waals surface area contributed by atoms with Crippen molar-refractivity contribution in [2.75, 3.05) is 20.1 Å². The molecule has 1 heterocycles. The lowest BCUT2D eigenvalue weighted by atomic mass is 9.60. The van der Waals surface area contributed by atoms with E-state index >= 15 is 0 Å². The molecule has 2 aliphatic rings. The third-order valence-electron chi connectivity index (χ3n) is 5.69. The first-order valence-corrected chi connectivity index (χ1v) is 8.20. The molecule has 1 aliphatic carbocycles. The molecule has 2 rings (SSSR count). The molecule has 104 valence electrons. The second-order valence-corrected chi connectivity index (χ2v) is 7.88. The van der Waals surface area contributed by atoms with E-state index in [0.29, 0.717) is 10.7 Å². The van der Waals surface area contributed by atoms with Crippen molar-refractivity contribution in [2.24, 2.45) is 5.41 Å². The minimum absolute atomic E-state index is 0.591. The minimum Gasteiger partial charge on any atom is -0.306 e. The lowest BCUT2D eigenvalue weighted by molar-refractivity contribution is 0.0909. The normalized spacial score (nSPS) is 35.4. The summed E-state index contributed by atoms with van der Waals surface area (Å²) in [7, 11) is 4.79. The van der Waals surface area contributed by atoms with Gasteiger partial charge in [-0.25, -0.2) is 0 Å². The Bertz CT molecular complexity index is 254. The van der Waals surface area contributed by atoms with Gasteiger partial charge in [0.1, 0.15) is 7.85 Å². The van der Waals surface area contributed by atoms with Crippen LogP contribution in [0.1, 0.15) is 71.1 Å². The second-order valence-electron chi connectivity index (χ2n) is 7.88. The van der Waals surface area contributed by atoms with Crippen LogP contribution in [0.15, 0.2) is 0 Å². The fourth-order valence-electron chi connectivity index (χ4n) is 3.90. The molecule has 0 aromatic carbocycles. The lowest BCUT2D eigenvalue weighted by Crippen LogP contribution is -2.38. The Morgan fingerprint density at radius 1 is 0.778 bits per heavy atom. The van der Waals surface area contributed by atoms with Crippen molar-refractivity contribution in [1.29, 1.82) is 0 Å². The molecular formula is C16H32BN. The van der Waals surface area contributed by atoms with E-state index in [1.165, 1.54) is 77.3 Å². The van der Waals surface area contributed by atoms with E-state index < -0.39 is 0 Å². The monoisotopic (exact) mass is 249 g/mol. The van der Waals surface area contributed by atoms with Gasteiger partial charge in [0, 0.05) is 0 Å². The Labute approximate surface area is 115 Å². The molecule has 0 N–H and O–H groups in total. The van der Waals surface area contributed by atoms with E-state index in [1.807, 2.05) is 0 Å². The minimum atomic E-state index is 0.591. The van der Waals surface area contributed by atoms with Crippen LogP contribution < -0.4 is 0 Å². The van der Waals surface area contributed by atoms with Crippen LogP contribution in [-0.4, -0.2) is 32.9 Å². The van der Waals surface area contributed by atoms with Crippen molar-refractivity contribution in [1.82, 2.24) is 4.90 Å². The number of hydrogen-bond acceptors (Lipinski definition) is 1. The number of piperidine rings is 1. The van der Waals surface area contributed by atoms with Gasteiger partial charge >= 0.3 is 0 Å². The molecule has 1 atom stereocenters. The third-order valence-corrected chi connectivity index (χ3v) is 5.69. The third kappa shape index (κ3) is 4.01. The van der Waals surface area contributed by atoms with Gasteiger partial charge in [0.2, 0.25) is 0 Å². The van der Waals surface area contributed by atoms with Crippen LogP contribution in [-0.2, 0) is 0 Å². The average Bonchev–Trinajstić information content (AvgIpc) is 2.34. The Balaban J connectivity index is 1.98. The van der Waals surface area contributed by atoms with Crippen molar-refractivity contribution >= 4 is 7.85 Å². The molecule has 1 saturated heterocycles. The van der Waals surface area contributed by atoms with Crippen molar-refractivity contribution < 1.29 is 0 Å². The Hall–Kier alpha value is 0.0249. The molecule has 1 spiro atoms. The van der Waals surface area contributed by atoms with Crippen LogP contribution in [0.4, 0.5) is 0 Å². The summed E-state index contributed by atoms with van der Waals surface area (Å²) >= 11 is 0. The van der Waals surface area contributed by atoms with Crippen molar-refractivity contribution in [2.45, 2.75) is 76.4 Å². The van der Waals surface area contributed by atoms with E-state index in [-0.39, 0.29) is 0 Å². The van der Waals surface area contributed by atoms with Crippen molar-refractivity contribution in [3.05, 3.63) is 0 Å². The van der Waals surface area contributed by atoms with Crippen LogP contribution in [0.3, 0.4) is 0 Å². The summed E-state index contributed by atoms with van der Waals surface area (Å²) in [6.45, 7) is 5.16. The molecule has 2 fully saturated rings. The van der Waals surface area contributed by atoms with E-state index in [0.717, 1.165) is 0 Å². The summed E-state index contributed by atoms with van der Waals surface area (Å²) in [4.78, 5) is 2.52. The fourth-order valence-corrected chi connectivity index (χ4v) is 3.90. The van der Waals surface area contributed by atoms with Crippen LogP contribution in [0, 0.1) is 5.41 Å². The van der Waals surface area contributed by atoms with Crippen LogP contribution >= 0.6 is 0 Å². The molecule has 2 heteroatoms. The smallest absolute Gasteiger partial charge is 0.109 e. The van der Waals surface area contributed by atoms with Gasteiger partial charge in [-0.3, -0.25) is 0 Å².